The molecule has 0 amide bonds. The molecule has 0 aliphatic carbocycles. The minimum atomic E-state index is -1.03. The molecule has 1 aromatic heterocycles. The van der Waals surface area contributed by atoms with Gasteiger partial charge >= 0.3 is 5.97 Å². The van der Waals surface area contributed by atoms with Gasteiger partial charge in [0.2, 0.25) is 5.88 Å². The van der Waals surface area contributed by atoms with Gasteiger partial charge in [-0.3, -0.25) is 0 Å². The van der Waals surface area contributed by atoms with E-state index in [1.165, 1.54) is 6.07 Å². The molecule has 0 atom stereocenters. The van der Waals surface area contributed by atoms with Crippen molar-refractivity contribution in [2.75, 3.05) is 0 Å². The Hall–Kier alpha value is -1.58. The lowest BCUT2D eigenvalue weighted by Gasteiger charge is -2.21. The maximum absolute atomic E-state index is 10.9. The zero-order valence-corrected chi connectivity index (χ0v) is 9.37. The van der Waals surface area contributed by atoms with Gasteiger partial charge in [-0.15, -0.1) is 0 Å². The van der Waals surface area contributed by atoms with Crippen LogP contribution in [0.2, 0.25) is 0 Å². The third-order valence-corrected chi connectivity index (χ3v) is 1.63. The smallest absolute Gasteiger partial charge is 0.341 e. The average Bonchev–Trinajstić information content (AvgIpc) is 1.99. The molecular weight excluding hydrogens is 194 g/mol. The fourth-order valence-corrected chi connectivity index (χ4v) is 1.06. The highest BCUT2D eigenvalue weighted by Crippen LogP contribution is 2.21. The number of aryl methyl sites for hydroxylation is 1. The lowest BCUT2D eigenvalue weighted by atomic mass is 10.2. The highest BCUT2D eigenvalue weighted by molar-refractivity contribution is 5.90. The summed E-state index contributed by atoms with van der Waals surface area (Å²) < 4.78 is 5.48. The number of aromatic carboxylic acids is 1. The molecule has 0 aliphatic heterocycles. The molecule has 0 unspecified atom stereocenters. The molecule has 0 saturated carbocycles. The zero-order chi connectivity index (χ0) is 11.6. The van der Waals surface area contributed by atoms with E-state index in [4.69, 9.17) is 9.84 Å². The molecule has 15 heavy (non-hydrogen) atoms. The van der Waals surface area contributed by atoms with E-state index in [0.29, 0.717) is 0 Å². The van der Waals surface area contributed by atoms with Crippen molar-refractivity contribution in [2.45, 2.75) is 33.3 Å². The summed E-state index contributed by atoms with van der Waals surface area (Å²) in [7, 11) is 0. The molecule has 0 bridgehead atoms. The standard InChI is InChI=1S/C11H15NO3/c1-7-5-6-8(10(13)14)9(12-7)15-11(2,3)4/h5-6H,1-4H3,(H,13,14). The summed E-state index contributed by atoms with van der Waals surface area (Å²) in [6, 6.07) is 3.16. The van der Waals surface area contributed by atoms with Crippen molar-refractivity contribution in [1.82, 2.24) is 4.98 Å². The van der Waals surface area contributed by atoms with Gasteiger partial charge in [0.1, 0.15) is 11.2 Å². The Morgan fingerprint density at radius 3 is 2.47 bits per heavy atom. The molecule has 1 N–H and O–H groups in total. The molecule has 0 spiro atoms. The number of aromatic nitrogens is 1. The second-order valence-corrected chi connectivity index (χ2v) is 4.32. The SMILES string of the molecule is Cc1ccc(C(=O)O)c(OC(C)(C)C)n1. The van der Waals surface area contributed by atoms with E-state index in [-0.39, 0.29) is 11.4 Å². The van der Waals surface area contributed by atoms with Gasteiger partial charge in [-0.25, -0.2) is 9.78 Å². The van der Waals surface area contributed by atoms with Gasteiger partial charge in [-0.1, -0.05) is 0 Å². The number of carbonyl (C=O) groups is 1. The van der Waals surface area contributed by atoms with Crippen LogP contribution in [0.4, 0.5) is 0 Å². The number of carboxylic acid groups (broad SMARTS) is 1. The molecular formula is C11H15NO3. The average molecular weight is 209 g/mol. The van der Waals surface area contributed by atoms with E-state index >= 15 is 0 Å². The highest BCUT2D eigenvalue weighted by Gasteiger charge is 2.19. The fraction of sp³-hybridized carbons (Fsp3) is 0.455. The van der Waals surface area contributed by atoms with Gasteiger partial charge < -0.3 is 9.84 Å². The van der Waals surface area contributed by atoms with Gasteiger partial charge in [0.25, 0.3) is 0 Å². The summed E-state index contributed by atoms with van der Waals surface area (Å²) in [5.74, 6) is -0.850. The van der Waals surface area contributed by atoms with Crippen LogP contribution in [-0.4, -0.2) is 21.7 Å². The quantitative estimate of drug-likeness (QED) is 0.811. The van der Waals surface area contributed by atoms with Gasteiger partial charge in [-0.2, -0.15) is 0 Å². The number of rotatable bonds is 2. The van der Waals surface area contributed by atoms with Crippen molar-refractivity contribution in [3.8, 4) is 5.88 Å². The summed E-state index contributed by atoms with van der Waals surface area (Å²) in [5.41, 5.74) is 0.375. The van der Waals surface area contributed by atoms with Crippen LogP contribution in [0.25, 0.3) is 0 Å². The van der Waals surface area contributed by atoms with Crippen LogP contribution >= 0.6 is 0 Å². The molecule has 0 aromatic carbocycles. The Morgan fingerprint density at radius 2 is 2.00 bits per heavy atom. The van der Waals surface area contributed by atoms with Gasteiger partial charge in [0.15, 0.2) is 0 Å². The summed E-state index contributed by atoms with van der Waals surface area (Å²) in [6.07, 6.45) is 0. The topological polar surface area (TPSA) is 59.4 Å². The monoisotopic (exact) mass is 209 g/mol. The number of hydrogen-bond donors (Lipinski definition) is 1. The van der Waals surface area contributed by atoms with E-state index in [1.807, 2.05) is 20.8 Å². The first-order valence-corrected chi connectivity index (χ1v) is 4.69. The van der Waals surface area contributed by atoms with Crippen molar-refractivity contribution in [3.63, 3.8) is 0 Å². The number of pyridine rings is 1. The molecule has 0 aliphatic rings. The van der Waals surface area contributed by atoms with Crippen LogP contribution in [0.5, 0.6) is 5.88 Å². The molecule has 1 heterocycles. The lowest BCUT2D eigenvalue weighted by molar-refractivity contribution is 0.0677. The van der Waals surface area contributed by atoms with Gasteiger partial charge in [-0.05, 0) is 39.8 Å². The second kappa shape index (κ2) is 3.88. The Labute approximate surface area is 88.9 Å². The van der Waals surface area contributed by atoms with Crippen molar-refractivity contribution in [2.24, 2.45) is 0 Å². The second-order valence-electron chi connectivity index (χ2n) is 4.32. The largest absolute Gasteiger partial charge is 0.477 e. The molecule has 0 saturated heterocycles. The maximum atomic E-state index is 10.9. The third kappa shape index (κ3) is 3.23. The van der Waals surface area contributed by atoms with Crippen molar-refractivity contribution < 1.29 is 14.6 Å². The number of hydrogen-bond acceptors (Lipinski definition) is 3. The first-order chi connectivity index (χ1) is 6.79. The predicted octanol–water partition coefficient (Wildman–Crippen LogP) is 2.27. The highest BCUT2D eigenvalue weighted by atomic mass is 16.5. The van der Waals surface area contributed by atoms with E-state index in [1.54, 1.807) is 13.0 Å². The zero-order valence-electron chi connectivity index (χ0n) is 9.37. The summed E-state index contributed by atoms with van der Waals surface area (Å²) in [6.45, 7) is 7.34. The number of ether oxygens (including phenoxy) is 1. The van der Waals surface area contributed by atoms with Crippen LogP contribution in [0, 0.1) is 6.92 Å². The molecule has 1 rings (SSSR count). The minimum Gasteiger partial charge on any atom is -0.477 e. The van der Waals surface area contributed by atoms with Crippen molar-refractivity contribution >= 4 is 5.97 Å². The normalized spacial score (nSPS) is 11.2. The minimum absolute atomic E-state index is 0.0931. The van der Waals surface area contributed by atoms with E-state index in [9.17, 15) is 4.79 Å². The summed E-state index contributed by atoms with van der Waals surface area (Å²) in [4.78, 5) is 15.0. The van der Waals surface area contributed by atoms with Crippen LogP contribution in [0.1, 0.15) is 36.8 Å². The Bertz CT molecular complexity index is 380. The molecule has 82 valence electrons. The molecule has 0 fully saturated rings. The number of nitrogens with zero attached hydrogens (tertiary/aromatic N) is 1. The molecule has 1 aromatic rings. The Morgan fingerprint density at radius 1 is 1.40 bits per heavy atom. The molecule has 4 nitrogen and oxygen atoms in total. The first-order valence-electron chi connectivity index (χ1n) is 4.69. The fourth-order valence-electron chi connectivity index (χ4n) is 1.06. The van der Waals surface area contributed by atoms with Crippen LogP contribution in [0.15, 0.2) is 12.1 Å². The van der Waals surface area contributed by atoms with E-state index < -0.39 is 11.6 Å². The van der Waals surface area contributed by atoms with Crippen molar-refractivity contribution in [1.29, 1.82) is 0 Å². The van der Waals surface area contributed by atoms with E-state index in [2.05, 4.69) is 4.98 Å². The predicted molar refractivity (Wildman–Crippen MR) is 56.3 cm³/mol. The van der Waals surface area contributed by atoms with Crippen LogP contribution in [-0.2, 0) is 0 Å². The van der Waals surface area contributed by atoms with Gasteiger partial charge in [0, 0.05) is 5.69 Å². The Kier molecular flexibility index (Phi) is 2.98. The first kappa shape index (κ1) is 11.5. The summed E-state index contributed by atoms with van der Waals surface area (Å²) >= 11 is 0. The molecule has 4 heteroatoms. The maximum Gasteiger partial charge on any atom is 0.341 e. The summed E-state index contributed by atoms with van der Waals surface area (Å²) in [5, 5.41) is 8.93. The van der Waals surface area contributed by atoms with E-state index in [0.717, 1.165) is 5.69 Å². The van der Waals surface area contributed by atoms with Crippen LogP contribution in [0.3, 0.4) is 0 Å². The van der Waals surface area contributed by atoms with Crippen molar-refractivity contribution in [3.05, 3.63) is 23.4 Å². The Balaban J connectivity index is 3.13. The van der Waals surface area contributed by atoms with Crippen LogP contribution < -0.4 is 4.74 Å². The number of carboxylic acids is 1. The molecule has 0 radical (unpaired) electrons. The van der Waals surface area contributed by atoms with Gasteiger partial charge in [0.05, 0.1) is 0 Å². The third-order valence-electron chi connectivity index (χ3n) is 1.63. The lowest BCUT2D eigenvalue weighted by Crippen LogP contribution is -2.25.